The summed E-state index contributed by atoms with van der Waals surface area (Å²) in [5.41, 5.74) is 2.88. The van der Waals surface area contributed by atoms with Crippen LogP contribution in [0.5, 0.6) is 0 Å². The predicted molar refractivity (Wildman–Crippen MR) is 62.5 cm³/mol. The van der Waals surface area contributed by atoms with Crippen LogP contribution in [0.3, 0.4) is 0 Å². The van der Waals surface area contributed by atoms with E-state index < -0.39 is 0 Å². The lowest BCUT2D eigenvalue weighted by Gasteiger charge is -2.10. The van der Waals surface area contributed by atoms with Gasteiger partial charge in [-0.3, -0.25) is 0 Å². The molecule has 1 atom stereocenters. The molecule has 0 bridgehead atoms. The van der Waals surface area contributed by atoms with Gasteiger partial charge in [-0.25, -0.2) is 0 Å². The van der Waals surface area contributed by atoms with E-state index in [0.29, 0.717) is 4.83 Å². The van der Waals surface area contributed by atoms with Crippen LogP contribution in [0.4, 0.5) is 0 Å². The van der Waals surface area contributed by atoms with Crippen LogP contribution in [0.25, 0.3) is 0 Å². The van der Waals surface area contributed by atoms with Crippen molar-refractivity contribution in [3.63, 3.8) is 0 Å². The van der Waals surface area contributed by atoms with Crippen LogP contribution in [0.2, 0.25) is 0 Å². The largest absolute Gasteiger partial charge is 0.0887 e. The molecule has 0 aliphatic rings. The van der Waals surface area contributed by atoms with Gasteiger partial charge in [0.2, 0.25) is 0 Å². The first-order chi connectivity index (χ1) is 6.24. The molecule has 0 radical (unpaired) electrons. The van der Waals surface area contributed by atoms with E-state index in [-0.39, 0.29) is 0 Å². The smallest absolute Gasteiger partial charge is 0.0186 e. The third-order valence-corrected chi connectivity index (χ3v) is 3.09. The van der Waals surface area contributed by atoms with Crippen LogP contribution in [0.15, 0.2) is 24.3 Å². The number of benzene rings is 1. The van der Waals surface area contributed by atoms with Gasteiger partial charge in [-0.15, -0.1) is 0 Å². The minimum Gasteiger partial charge on any atom is -0.0887 e. The molecule has 0 saturated carbocycles. The normalized spacial score (nSPS) is 12.8. The Labute approximate surface area is 89.5 Å². The Kier molecular flexibility index (Phi) is 4.51. The van der Waals surface area contributed by atoms with Crippen molar-refractivity contribution in [2.24, 2.45) is 0 Å². The van der Waals surface area contributed by atoms with E-state index in [0.717, 1.165) is 6.42 Å². The van der Waals surface area contributed by atoms with Crippen molar-refractivity contribution in [1.82, 2.24) is 0 Å². The van der Waals surface area contributed by atoms with Gasteiger partial charge in [0.05, 0.1) is 0 Å². The Balaban J connectivity index is 2.58. The number of hydrogen-bond acceptors (Lipinski definition) is 0. The van der Waals surface area contributed by atoms with Crippen LogP contribution in [-0.4, -0.2) is 4.83 Å². The van der Waals surface area contributed by atoms with E-state index in [1.807, 2.05) is 0 Å². The van der Waals surface area contributed by atoms with Gasteiger partial charge in [-0.1, -0.05) is 53.5 Å². The SMILES string of the molecule is CCCC(Br)Cc1ccccc1C. The molecule has 0 aliphatic carbocycles. The third kappa shape index (κ3) is 3.51. The van der Waals surface area contributed by atoms with Crippen LogP contribution in [0, 0.1) is 6.92 Å². The van der Waals surface area contributed by atoms with Gasteiger partial charge in [-0.2, -0.15) is 0 Å². The number of rotatable bonds is 4. The maximum Gasteiger partial charge on any atom is 0.0186 e. The number of hydrogen-bond donors (Lipinski definition) is 0. The summed E-state index contributed by atoms with van der Waals surface area (Å²) < 4.78 is 0. The molecule has 0 spiro atoms. The molecule has 1 rings (SSSR count). The highest BCUT2D eigenvalue weighted by molar-refractivity contribution is 9.09. The van der Waals surface area contributed by atoms with Gasteiger partial charge in [0, 0.05) is 4.83 Å². The van der Waals surface area contributed by atoms with Crippen molar-refractivity contribution in [2.45, 2.75) is 37.9 Å². The van der Waals surface area contributed by atoms with Gasteiger partial charge < -0.3 is 0 Å². The van der Waals surface area contributed by atoms with E-state index in [4.69, 9.17) is 0 Å². The summed E-state index contributed by atoms with van der Waals surface area (Å²) in [6, 6.07) is 8.62. The quantitative estimate of drug-likeness (QED) is 0.696. The van der Waals surface area contributed by atoms with Gasteiger partial charge in [0.15, 0.2) is 0 Å². The maximum atomic E-state index is 3.71. The van der Waals surface area contributed by atoms with E-state index in [2.05, 4.69) is 54.0 Å². The first kappa shape index (κ1) is 10.8. The van der Waals surface area contributed by atoms with E-state index in [1.54, 1.807) is 0 Å². The van der Waals surface area contributed by atoms with E-state index >= 15 is 0 Å². The summed E-state index contributed by atoms with van der Waals surface area (Å²) in [6.45, 7) is 4.41. The zero-order valence-corrected chi connectivity index (χ0v) is 9.97. The lowest BCUT2D eigenvalue weighted by atomic mass is 10.0. The number of halogens is 1. The van der Waals surface area contributed by atoms with Crippen LogP contribution in [-0.2, 0) is 6.42 Å². The molecule has 0 heterocycles. The molecule has 1 heteroatoms. The molecule has 0 aliphatic heterocycles. The van der Waals surface area contributed by atoms with Gasteiger partial charge in [0.1, 0.15) is 0 Å². The topological polar surface area (TPSA) is 0 Å². The zero-order valence-electron chi connectivity index (χ0n) is 8.39. The minimum atomic E-state index is 0.638. The Morgan fingerprint density at radius 2 is 2.00 bits per heavy atom. The Hall–Kier alpha value is -0.300. The number of alkyl halides is 1. The van der Waals surface area contributed by atoms with Crippen molar-refractivity contribution in [1.29, 1.82) is 0 Å². The first-order valence-electron chi connectivity index (χ1n) is 4.92. The molecular formula is C12H17Br. The summed E-state index contributed by atoms with van der Waals surface area (Å²) in [6.07, 6.45) is 3.66. The molecule has 0 amide bonds. The summed E-state index contributed by atoms with van der Waals surface area (Å²) >= 11 is 3.71. The second-order valence-corrected chi connectivity index (χ2v) is 4.81. The molecule has 0 fully saturated rings. The predicted octanol–water partition coefficient (Wildman–Crippen LogP) is 4.10. The van der Waals surface area contributed by atoms with Crippen molar-refractivity contribution < 1.29 is 0 Å². The Bertz CT molecular complexity index is 255. The van der Waals surface area contributed by atoms with E-state index in [9.17, 15) is 0 Å². The van der Waals surface area contributed by atoms with E-state index in [1.165, 1.54) is 24.0 Å². The standard InChI is InChI=1S/C12H17Br/c1-3-6-12(13)9-11-8-5-4-7-10(11)2/h4-5,7-8,12H,3,6,9H2,1-2H3. The minimum absolute atomic E-state index is 0.638. The zero-order chi connectivity index (χ0) is 9.68. The summed E-state index contributed by atoms with van der Waals surface area (Å²) in [5, 5.41) is 0. The Morgan fingerprint density at radius 3 is 2.62 bits per heavy atom. The van der Waals surface area contributed by atoms with Crippen molar-refractivity contribution in [3.05, 3.63) is 35.4 Å². The lowest BCUT2D eigenvalue weighted by Crippen LogP contribution is -2.03. The van der Waals surface area contributed by atoms with Crippen molar-refractivity contribution >= 4 is 15.9 Å². The fourth-order valence-electron chi connectivity index (χ4n) is 1.49. The Morgan fingerprint density at radius 1 is 1.31 bits per heavy atom. The molecule has 13 heavy (non-hydrogen) atoms. The van der Waals surface area contributed by atoms with Crippen molar-refractivity contribution in [3.8, 4) is 0 Å². The highest BCUT2D eigenvalue weighted by atomic mass is 79.9. The molecule has 0 saturated heterocycles. The highest BCUT2D eigenvalue weighted by Crippen LogP contribution is 2.17. The first-order valence-corrected chi connectivity index (χ1v) is 5.84. The van der Waals surface area contributed by atoms with Gasteiger partial charge >= 0.3 is 0 Å². The van der Waals surface area contributed by atoms with Crippen LogP contribution in [0.1, 0.15) is 30.9 Å². The average molecular weight is 241 g/mol. The summed E-state index contributed by atoms with van der Waals surface area (Å²) in [5.74, 6) is 0. The van der Waals surface area contributed by atoms with Crippen LogP contribution < -0.4 is 0 Å². The van der Waals surface area contributed by atoms with Gasteiger partial charge in [-0.05, 0) is 30.9 Å². The second kappa shape index (κ2) is 5.43. The molecule has 1 unspecified atom stereocenters. The van der Waals surface area contributed by atoms with Gasteiger partial charge in [0.25, 0.3) is 0 Å². The molecule has 0 nitrogen and oxygen atoms in total. The maximum absolute atomic E-state index is 3.71. The molecular weight excluding hydrogens is 224 g/mol. The number of aryl methyl sites for hydroxylation is 1. The molecule has 0 N–H and O–H groups in total. The lowest BCUT2D eigenvalue weighted by molar-refractivity contribution is 0.743. The third-order valence-electron chi connectivity index (χ3n) is 2.30. The fraction of sp³-hybridized carbons (Fsp3) is 0.500. The fourth-order valence-corrected chi connectivity index (χ4v) is 2.30. The molecule has 72 valence electrons. The second-order valence-electron chi connectivity index (χ2n) is 3.52. The molecule has 0 aromatic heterocycles. The van der Waals surface area contributed by atoms with Crippen molar-refractivity contribution in [2.75, 3.05) is 0 Å². The van der Waals surface area contributed by atoms with Crippen LogP contribution >= 0.6 is 15.9 Å². The summed E-state index contributed by atoms with van der Waals surface area (Å²) in [4.78, 5) is 0.638. The summed E-state index contributed by atoms with van der Waals surface area (Å²) in [7, 11) is 0. The average Bonchev–Trinajstić information content (AvgIpc) is 2.09. The monoisotopic (exact) mass is 240 g/mol. The molecule has 1 aromatic rings. The molecule has 1 aromatic carbocycles. The highest BCUT2D eigenvalue weighted by Gasteiger charge is 2.05.